The molecule has 0 amide bonds. The zero-order chi connectivity index (χ0) is 9.97. The molecule has 6 heteroatoms. The molecule has 0 unspecified atom stereocenters. The average molecular weight is 194 g/mol. The van der Waals surface area contributed by atoms with Crippen molar-refractivity contribution < 1.29 is 9.13 Å². The fourth-order valence-electron chi connectivity index (χ4n) is 0.988. The second kappa shape index (κ2) is 3.41. The summed E-state index contributed by atoms with van der Waals surface area (Å²) in [5, 5.41) is 11.2. The van der Waals surface area contributed by atoms with Gasteiger partial charge < -0.3 is 4.74 Å². The zero-order valence-electron chi connectivity index (χ0n) is 7.38. The summed E-state index contributed by atoms with van der Waals surface area (Å²) in [4.78, 5) is 0. The molecule has 0 N–H and O–H groups in total. The summed E-state index contributed by atoms with van der Waals surface area (Å²) in [5.41, 5.74) is 0. The average Bonchev–Trinajstić information content (AvgIpc) is 2.65. The number of nitrogens with zero attached hydrogens (tertiary/aromatic N) is 4. The molecule has 0 radical (unpaired) electrons. The van der Waals surface area contributed by atoms with Gasteiger partial charge in [-0.25, -0.2) is 9.07 Å². The van der Waals surface area contributed by atoms with Gasteiger partial charge in [0.25, 0.3) is 0 Å². The van der Waals surface area contributed by atoms with E-state index in [0.29, 0.717) is 11.6 Å². The summed E-state index contributed by atoms with van der Waals surface area (Å²) < 4.78 is 18.9. The van der Waals surface area contributed by atoms with Crippen LogP contribution in [0, 0.1) is 5.82 Å². The lowest BCUT2D eigenvalue weighted by atomic mass is 10.5. The van der Waals surface area contributed by atoms with E-state index in [9.17, 15) is 4.39 Å². The third-order valence-corrected chi connectivity index (χ3v) is 1.64. The molecule has 0 aliphatic rings. The quantitative estimate of drug-likeness (QED) is 0.709. The van der Waals surface area contributed by atoms with Gasteiger partial charge in [-0.3, -0.25) is 0 Å². The molecule has 0 aliphatic heterocycles. The normalized spacial score (nSPS) is 10.1. The summed E-state index contributed by atoms with van der Waals surface area (Å²) in [7, 11) is 1.52. The Kier molecular flexibility index (Phi) is 2.10. The number of rotatable bonds is 2. The van der Waals surface area contributed by atoms with Crippen LogP contribution in [0.2, 0.25) is 0 Å². The maximum absolute atomic E-state index is 12.6. The maximum Gasteiger partial charge on any atom is 0.179 e. The number of hydrogen-bond donors (Lipinski definition) is 0. The van der Waals surface area contributed by atoms with Crippen LogP contribution in [0.1, 0.15) is 0 Å². The van der Waals surface area contributed by atoms with E-state index in [0.717, 1.165) is 6.20 Å². The molecule has 0 atom stereocenters. The zero-order valence-corrected chi connectivity index (χ0v) is 7.38. The lowest BCUT2D eigenvalue weighted by Crippen LogP contribution is -2.00. The molecule has 0 saturated heterocycles. The van der Waals surface area contributed by atoms with Gasteiger partial charge in [0.2, 0.25) is 0 Å². The molecule has 0 saturated carbocycles. The molecule has 2 aromatic rings. The van der Waals surface area contributed by atoms with Crippen molar-refractivity contribution >= 4 is 0 Å². The van der Waals surface area contributed by atoms with Crippen molar-refractivity contribution in [1.29, 1.82) is 0 Å². The minimum absolute atomic E-state index is 0.410. The number of ether oxygens (including phenoxy) is 1. The van der Waals surface area contributed by atoms with Gasteiger partial charge in [0.1, 0.15) is 5.75 Å². The molecular weight excluding hydrogens is 187 g/mol. The van der Waals surface area contributed by atoms with Crippen LogP contribution in [0.4, 0.5) is 4.39 Å². The number of hydrogen-bond acceptors (Lipinski definition) is 4. The van der Waals surface area contributed by atoms with Gasteiger partial charge in [-0.2, -0.15) is 10.2 Å². The highest BCUT2D eigenvalue weighted by Gasteiger charge is 2.03. The Labute approximate surface area is 79.1 Å². The Morgan fingerprint density at radius 2 is 2.29 bits per heavy atom. The number of methoxy groups -OCH3 is 1. The highest BCUT2D eigenvalue weighted by Crippen LogP contribution is 2.11. The molecule has 0 spiro atoms. The topological polar surface area (TPSA) is 52.8 Å². The van der Waals surface area contributed by atoms with E-state index in [1.807, 2.05) is 0 Å². The van der Waals surface area contributed by atoms with Crippen molar-refractivity contribution in [2.24, 2.45) is 0 Å². The lowest BCUT2D eigenvalue weighted by molar-refractivity contribution is 0.411. The molecular formula is C8H7FN4O. The van der Waals surface area contributed by atoms with Crippen molar-refractivity contribution in [3.63, 3.8) is 0 Å². The molecule has 2 heterocycles. The van der Waals surface area contributed by atoms with E-state index in [1.54, 1.807) is 6.07 Å². The first-order chi connectivity index (χ1) is 6.79. The summed E-state index contributed by atoms with van der Waals surface area (Å²) in [6, 6.07) is 1.61. The highest BCUT2D eigenvalue weighted by atomic mass is 19.1. The van der Waals surface area contributed by atoms with E-state index in [-0.39, 0.29) is 0 Å². The van der Waals surface area contributed by atoms with Crippen LogP contribution in [0.3, 0.4) is 0 Å². The first-order valence-electron chi connectivity index (χ1n) is 3.87. The van der Waals surface area contributed by atoms with E-state index in [2.05, 4.69) is 15.3 Å². The fourth-order valence-corrected chi connectivity index (χ4v) is 0.988. The molecule has 14 heavy (non-hydrogen) atoms. The van der Waals surface area contributed by atoms with Crippen molar-refractivity contribution in [1.82, 2.24) is 20.0 Å². The third-order valence-electron chi connectivity index (χ3n) is 1.64. The first kappa shape index (κ1) is 8.61. The molecule has 2 aromatic heterocycles. The highest BCUT2D eigenvalue weighted by molar-refractivity contribution is 5.28. The molecule has 0 bridgehead atoms. The molecule has 5 nitrogen and oxygen atoms in total. The van der Waals surface area contributed by atoms with Crippen LogP contribution in [0.15, 0.2) is 24.7 Å². The van der Waals surface area contributed by atoms with Crippen molar-refractivity contribution in [3.05, 3.63) is 30.5 Å². The van der Waals surface area contributed by atoms with Crippen molar-refractivity contribution in [2.75, 3.05) is 7.11 Å². The van der Waals surface area contributed by atoms with E-state index in [4.69, 9.17) is 4.74 Å². The van der Waals surface area contributed by atoms with Crippen LogP contribution < -0.4 is 4.74 Å². The van der Waals surface area contributed by atoms with E-state index >= 15 is 0 Å². The Morgan fingerprint density at radius 1 is 1.43 bits per heavy atom. The summed E-state index contributed by atoms with van der Waals surface area (Å²) in [5.74, 6) is 0.536. The van der Waals surface area contributed by atoms with Gasteiger partial charge >= 0.3 is 0 Å². The molecule has 2 rings (SSSR count). The molecule has 0 fully saturated rings. The predicted molar refractivity (Wildman–Crippen MR) is 45.7 cm³/mol. The molecule has 72 valence electrons. The SMILES string of the molecule is COc1cnnc(-n2cc(F)cn2)c1. The van der Waals surface area contributed by atoms with Gasteiger partial charge in [0.15, 0.2) is 11.6 Å². The van der Waals surface area contributed by atoms with E-state index < -0.39 is 5.82 Å². The van der Waals surface area contributed by atoms with Crippen LogP contribution in [0.5, 0.6) is 5.75 Å². The van der Waals surface area contributed by atoms with E-state index in [1.165, 1.54) is 24.2 Å². The second-order valence-corrected chi connectivity index (χ2v) is 2.56. The van der Waals surface area contributed by atoms with Gasteiger partial charge in [-0.05, 0) is 0 Å². The third kappa shape index (κ3) is 1.54. The molecule has 0 aromatic carbocycles. The predicted octanol–water partition coefficient (Wildman–Crippen LogP) is 0.810. The second-order valence-electron chi connectivity index (χ2n) is 2.56. The monoisotopic (exact) mass is 194 g/mol. The number of aromatic nitrogens is 4. The maximum atomic E-state index is 12.6. The Morgan fingerprint density at radius 3 is 2.93 bits per heavy atom. The van der Waals surface area contributed by atoms with Crippen LogP contribution in [-0.4, -0.2) is 27.1 Å². The molecule has 0 aliphatic carbocycles. The van der Waals surface area contributed by atoms with Gasteiger partial charge in [0.05, 0.1) is 25.7 Å². The van der Waals surface area contributed by atoms with Gasteiger partial charge in [0, 0.05) is 6.07 Å². The Balaban J connectivity index is 2.41. The first-order valence-corrected chi connectivity index (χ1v) is 3.87. The standard InChI is InChI=1S/C8H7FN4O/c1-14-7-2-8(12-10-4-7)13-5-6(9)3-11-13/h2-5H,1H3. The summed E-state index contributed by atoms with van der Waals surface area (Å²) in [6.45, 7) is 0. The Bertz CT molecular complexity index is 442. The van der Waals surface area contributed by atoms with Crippen molar-refractivity contribution in [3.8, 4) is 11.6 Å². The van der Waals surface area contributed by atoms with Gasteiger partial charge in [-0.15, -0.1) is 5.10 Å². The number of halogens is 1. The van der Waals surface area contributed by atoms with Crippen molar-refractivity contribution in [2.45, 2.75) is 0 Å². The lowest BCUT2D eigenvalue weighted by Gasteiger charge is -2.01. The fraction of sp³-hybridized carbons (Fsp3) is 0.125. The smallest absolute Gasteiger partial charge is 0.179 e. The summed E-state index contributed by atoms with van der Waals surface area (Å²) >= 11 is 0. The minimum atomic E-state index is -0.422. The summed E-state index contributed by atoms with van der Waals surface area (Å²) in [6.07, 6.45) is 3.77. The van der Waals surface area contributed by atoms with Crippen LogP contribution >= 0.6 is 0 Å². The van der Waals surface area contributed by atoms with Gasteiger partial charge in [-0.1, -0.05) is 0 Å². The van der Waals surface area contributed by atoms with Crippen LogP contribution in [-0.2, 0) is 0 Å². The largest absolute Gasteiger partial charge is 0.495 e. The minimum Gasteiger partial charge on any atom is -0.495 e. The van der Waals surface area contributed by atoms with Crippen LogP contribution in [0.25, 0.3) is 5.82 Å². The Hall–Kier alpha value is -1.98.